The molecule has 29 heavy (non-hydrogen) atoms. The number of para-hydroxylation sites is 1. The van der Waals surface area contributed by atoms with Gasteiger partial charge in [0.05, 0.1) is 5.92 Å². The third-order valence-corrected chi connectivity index (χ3v) is 5.34. The van der Waals surface area contributed by atoms with Crippen LogP contribution >= 0.6 is 0 Å². The molecule has 0 bridgehead atoms. The zero-order valence-electron chi connectivity index (χ0n) is 17.0. The summed E-state index contributed by atoms with van der Waals surface area (Å²) in [5.74, 6) is -1.60. The highest BCUT2D eigenvalue weighted by Crippen LogP contribution is 2.29. The molecule has 0 aromatic heterocycles. The molecular formula is C23H26N2O4. The predicted molar refractivity (Wildman–Crippen MR) is 112 cm³/mol. The van der Waals surface area contributed by atoms with E-state index in [1.807, 2.05) is 63.2 Å². The van der Waals surface area contributed by atoms with E-state index in [0.29, 0.717) is 5.69 Å². The fourth-order valence-corrected chi connectivity index (χ4v) is 3.52. The summed E-state index contributed by atoms with van der Waals surface area (Å²) in [6.45, 7) is 5.85. The van der Waals surface area contributed by atoms with Gasteiger partial charge >= 0.3 is 5.97 Å². The van der Waals surface area contributed by atoms with Crippen molar-refractivity contribution in [1.82, 2.24) is 0 Å². The molecule has 1 saturated heterocycles. The Kier molecular flexibility index (Phi) is 6.32. The summed E-state index contributed by atoms with van der Waals surface area (Å²) in [6.07, 6.45) is 0.876. The standard InChI is InChI=1S/C23H26N2O4/c1-4-17-9-5-6-10-19(17)24-21(26)14-29-23(28)18-12-22(27)25(13-18)20-11-7-8-15(2)16(20)3/h5-11,18H,4,12-14H2,1-3H3,(H,24,26)/t18-/m1/s1. The molecule has 0 radical (unpaired) electrons. The normalized spacial score (nSPS) is 16.0. The Bertz CT molecular complexity index is 938. The highest BCUT2D eigenvalue weighted by atomic mass is 16.5. The zero-order chi connectivity index (χ0) is 21.0. The average Bonchev–Trinajstić information content (AvgIpc) is 3.10. The van der Waals surface area contributed by atoms with Crippen molar-refractivity contribution in [3.05, 3.63) is 59.2 Å². The molecule has 6 nitrogen and oxygen atoms in total. The van der Waals surface area contributed by atoms with Gasteiger partial charge in [0, 0.05) is 24.3 Å². The van der Waals surface area contributed by atoms with Crippen LogP contribution in [-0.2, 0) is 25.5 Å². The van der Waals surface area contributed by atoms with Gasteiger partial charge in [-0.15, -0.1) is 0 Å². The molecule has 1 aliphatic rings. The second-order valence-corrected chi connectivity index (χ2v) is 7.29. The number of nitrogens with one attached hydrogen (secondary N) is 1. The first-order valence-corrected chi connectivity index (χ1v) is 9.81. The summed E-state index contributed by atoms with van der Waals surface area (Å²) in [7, 11) is 0. The number of aryl methyl sites for hydroxylation is 2. The number of hydrogen-bond acceptors (Lipinski definition) is 4. The van der Waals surface area contributed by atoms with Crippen molar-refractivity contribution in [2.45, 2.75) is 33.6 Å². The molecule has 1 atom stereocenters. The van der Waals surface area contributed by atoms with E-state index < -0.39 is 17.8 Å². The van der Waals surface area contributed by atoms with Crippen molar-refractivity contribution in [3.8, 4) is 0 Å². The Morgan fingerprint density at radius 1 is 1.14 bits per heavy atom. The summed E-state index contributed by atoms with van der Waals surface area (Å²) in [6, 6.07) is 13.3. The van der Waals surface area contributed by atoms with E-state index >= 15 is 0 Å². The molecular weight excluding hydrogens is 368 g/mol. The van der Waals surface area contributed by atoms with Gasteiger partial charge in [-0.05, 0) is 49.1 Å². The van der Waals surface area contributed by atoms with E-state index in [9.17, 15) is 14.4 Å². The molecule has 1 fully saturated rings. The predicted octanol–water partition coefficient (Wildman–Crippen LogP) is 3.40. The summed E-state index contributed by atoms with van der Waals surface area (Å²) >= 11 is 0. The molecule has 2 aromatic rings. The van der Waals surface area contributed by atoms with Crippen molar-refractivity contribution < 1.29 is 19.1 Å². The number of ether oxygens (including phenoxy) is 1. The first kappa shape index (κ1) is 20.6. The maximum absolute atomic E-state index is 12.4. The quantitative estimate of drug-likeness (QED) is 0.762. The maximum atomic E-state index is 12.4. The summed E-state index contributed by atoms with van der Waals surface area (Å²) in [4.78, 5) is 38.7. The number of amides is 2. The molecule has 1 aliphatic heterocycles. The Labute approximate surface area is 170 Å². The van der Waals surface area contributed by atoms with Crippen LogP contribution in [0.5, 0.6) is 0 Å². The van der Waals surface area contributed by atoms with Gasteiger partial charge in [0.15, 0.2) is 6.61 Å². The number of carbonyl (C=O) groups is 3. The van der Waals surface area contributed by atoms with Crippen molar-refractivity contribution in [2.75, 3.05) is 23.4 Å². The Hall–Kier alpha value is -3.15. The van der Waals surface area contributed by atoms with Gasteiger partial charge in [-0.2, -0.15) is 0 Å². The fraction of sp³-hybridized carbons (Fsp3) is 0.348. The number of hydrogen-bond donors (Lipinski definition) is 1. The SMILES string of the molecule is CCc1ccccc1NC(=O)COC(=O)[C@@H]1CC(=O)N(c2cccc(C)c2C)C1. The van der Waals surface area contributed by atoms with Crippen LogP contribution in [0.2, 0.25) is 0 Å². The summed E-state index contributed by atoms with van der Waals surface area (Å²) < 4.78 is 5.19. The average molecular weight is 394 g/mol. The molecule has 0 aliphatic carbocycles. The molecule has 2 amide bonds. The molecule has 1 heterocycles. The number of carbonyl (C=O) groups excluding carboxylic acids is 3. The van der Waals surface area contributed by atoms with Gasteiger partial charge in [-0.25, -0.2) is 0 Å². The van der Waals surface area contributed by atoms with E-state index in [4.69, 9.17) is 4.74 Å². The van der Waals surface area contributed by atoms with Crippen molar-refractivity contribution >= 4 is 29.2 Å². The Morgan fingerprint density at radius 3 is 2.66 bits per heavy atom. The third-order valence-electron chi connectivity index (χ3n) is 5.34. The lowest BCUT2D eigenvalue weighted by atomic mass is 10.1. The van der Waals surface area contributed by atoms with Crippen molar-refractivity contribution in [2.24, 2.45) is 5.92 Å². The van der Waals surface area contributed by atoms with E-state index in [1.54, 1.807) is 4.90 Å². The van der Waals surface area contributed by atoms with E-state index in [-0.39, 0.29) is 25.5 Å². The van der Waals surface area contributed by atoms with Gasteiger partial charge in [0.25, 0.3) is 5.91 Å². The molecule has 152 valence electrons. The first-order chi connectivity index (χ1) is 13.9. The van der Waals surface area contributed by atoms with Crippen LogP contribution in [-0.4, -0.2) is 30.9 Å². The molecule has 1 N–H and O–H groups in total. The van der Waals surface area contributed by atoms with Crippen LogP contribution in [0.25, 0.3) is 0 Å². The largest absolute Gasteiger partial charge is 0.455 e. The highest BCUT2D eigenvalue weighted by molar-refractivity contribution is 6.00. The molecule has 0 unspecified atom stereocenters. The lowest BCUT2D eigenvalue weighted by Crippen LogP contribution is -2.28. The molecule has 3 rings (SSSR count). The van der Waals surface area contributed by atoms with Crippen LogP contribution in [0.4, 0.5) is 11.4 Å². The van der Waals surface area contributed by atoms with Crippen LogP contribution in [0.15, 0.2) is 42.5 Å². The zero-order valence-corrected chi connectivity index (χ0v) is 17.0. The minimum absolute atomic E-state index is 0.0898. The topological polar surface area (TPSA) is 75.7 Å². The van der Waals surface area contributed by atoms with Gasteiger partial charge in [-0.1, -0.05) is 37.3 Å². The highest BCUT2D eigenvalue weighted by Gasteiger charge is 2.37. The number of benzene rings is 2. The second-order valence-electron chi connectivity index (χ2n) is 7.29. The fourth-order valence-electron chi connectivity index (χ4n) is 3.52. The maximum Gasteiger partial charge on any atom is 0.311 e. The van der Waals surface area contributed by atoms with Crippen molar-refractivity contribution in [1.29, 1.82) is 0 Å². The van der Waals surface area contributed by atoms with E-state index in [2.05, 4.69) is 5.32 Å². The minimum Gasteiger partial charge on any atom is -0.455 e. The van der Waals surface area contributed by atoms with Crippen LogP contribution < -0.4 is 10.2 Å². The smallest absolute Gasteiger partial charge is 0.311 e. The lowest BCUT2D eigenvalue weighted by molar-refractivity contribution is -0.151. The first-order valence-electron chi connectivity index (χ1n) is 9.81. The second kappa shape index (κ2) is 8.90. The van der Waals surface area contributed by atoms with Gasteiger partial charge in [0.1, 0.15) is 0 Å². The molecule has 2 aromatic carbocycles. The van der Waals surface area contributed by atoms with Gasteiger partial charge in [0.2, 0.25) is 5.91 Å². The van der Waals surface area contributed by atoms with Crippen molar-refractivity contribution in [3.63, 3.8) is 0 Å². The van der Waals surface area contributed by atoms with Gasteiger partial charge in [-0.3, -0.25) is 14.4 Å². The van der Waals surface area contributed by atoms with Gasteiger partial charge < -0.3 is 15.0 Å². The Morgan fingerprint density at radius 2 is 1.90 bits per heavy atom. The molecule has 0 spiro atoms. The van der Waals surface area contributed by atoms with Crippen LogP contribution in [0, 0.1) is 19.8 Å². The monoisotopic (exact) mass is 394 g/mol. The summed E-state index contributed by atoms with van der Waals surface area (Å²) in [5, 5.41) is 2.77. The number of esters is 1. The molecule has 0 saturated carbocycles. The van der Waals surface area contributed by atoms with Crippen LogP contribution in [0.1, 0.15) is 30.0 Å². The van der Waals surface area contributed by atoms with E-state index in [0.717, 1.165) is 28.8 Å². The number of anilines is 2. The number of nitrogens with zero attached hydrogens (tertiary/aromatic N) is 1. The lowest BCUT2D eigenvalue weighted by Gasteiger charge is -2.20. The third kappa shape index (κ3) is 4.65. The minimum atomic E-state index is -0.571. The molecule has 6 heteroatoms. The Balaban J connectivity index is 1.57. The number of rotatable bonds is 6. The summed E-state index contributed by atoms with van der Waals surface area (Å²) in [5.41, 5.74) is 4.65. The van der Waals surface area contributed by atoms with Crippen LogP contribution in [0.3, 0.4) is 0 Å². The van der Waals surface area contributed by atoms with E-state index in [1.165, 1.54) is 0 Å².